The number of carbonyl (C=O) groups is 1. The molecule has 0 aliphatic rings. The van der Waals surface area contributed by atoms with Gasteiger partial charge in [-0.2, -0.15) is 4.39 Å². The number of carbonyl (C=O) groups excluding carboxylic acids is 1. The standard InChI is InChI=1S/C16H17FN2O/c1-12(2)19(11-13-7-4-3-5-8-13)16(20)14-9-6-10-18-15(14)17/h3-10,12H,11H2,1-2H3. The first kappa shape index (κ1) is 14.2. The van der Waals surface area contributed by atoms with E-state index in [-0.39, 0.29) is 17.5 Å². The van der Waals surface area contributed by atoms with E-state index in [1.165, 1.54) is 12.3 Å². The average molecular weight is 272 g/mol. The molecule has 4 heteroatoms. The molecule has 0 saturated heterocycles. The van der Waals surface area contributed by atoms with Crippen molar-refractivity contribution in [1.82, 2.24) is 9.88 Å². The lowest BCUT2D eigenvalue weighted by atomic mass is 10.1. The molecule has 1 aromatic carbocycles. The molecule has 2 rings (SSSR count). The molecule has 0 aliphatic carbocycles. The zero-order chi connectivity index (χ0) is 14.5. The summed E-state index contributed by atoms with van der Waals surface area (Å²) < 4.78 is 13.6. The Kier molecular flexibility index (Phi) is 4.45. The topological polar surface area (TPSA) is 33.2 Å². The van der Waals surface area contributed by atoms with Crippen LogP contribution in [0.2, 0.25) is 0 Å². The SMILES string of the molecule is CC(C)N(Cc1ccccc1)C(=O)c1cccnc1F. The Morgan fingerprint density at radius 1 is 1.20 bits per heavy atom. The summed E-state index contributed by atoms with van der Waals surface area (Å²) in [5.74, 6) is -1.06. The summed E-state index contributed by atoms with van der Waals surface area (Å²) in [4.78, 5) is 17.6. The third kappa shape index (κ3) is 3.20. The fraction of sp³-hybridized carbons (Fsp3) is 0.250. The number of nitrogens with zero attached hydrogens (tertiary/aromatic N) is 2. The van der Waals surface area contributed by atoms with E-state index in [1.54, 1.807) is 11.0 Å². The van der Waals surface area contributed by atoms with Gasteiger partial charge in [-0.1, -0.05) is 30.3 Å². The number of hydrogen-bond donors (Lipinski definition) is 0. The van der Waals surface area contributed by atoms with Gasteiger partial charge in [0.05, 0.1) is 5.56 Å². The van der Waals surface area contributed by atoms with E-state index in [1.807, 2.05) is 44.2 Å². The van der Waals surface area contributed by atoms with Crippen LogP contribution in [0.25, 0.3) is 0 Å². The number of pyridine rings is 1. The van der Waals surface area contributed by atoms with Crippen LogP contribution in [-0.2, 0) is 6.54 Å². The van der Waals surface area contributed by atoms with Crippen molar-refractivity contribution < 1.29 is 9.18 Å². The second kappa shape index (κ2) is 6.28. The molecule has 0 unspecified atom stereocenters. The molecule has 0 spiro atoms. The number of rotatable bonds is 4. The van der Waals surface area contributed by atoms with E-state index >= 15 is 0 Å². The van der Waals surface area contributed by atoms with E-state index in [9.17, 15) is 9.18 Å². The maximum atomic E-state index is 13.6. The average Bonchev–Trinajstić information content (AvgIpc) is 2.45. The van der Waals surface area contributed by atoms with E-state index in [2.05, 4.69) is 4.98 Å². The maximum absolute atomic E-state index is 13.6. The zero-order valence-corrected chi connectivity index (χ0v) is 11.6. The molecule has 1 amide bonds. The summed E-state index contributed by atoms with van der Waals surface area (Å²) in [5.41, 5.74) is 1.02. The number of aromatic nitrogens is 1. The highest BCUT2D eigenvalue weighted by molar-refractivity contribution is 5.94. The van der Waals surface area contributed by atoms with Crippen molar-refractivity contribution in [2.75, 3.05) is 0 Å². The van der Waals surface area contributed by atoms with E-state index < -0.39 is 5.95 Å². The van der Waals surface area contributed by atoms with Crippen LogP contribution in [0.5, 0.6) is 0 Å². The fourth-order valence-electron chi connectivity index (χ4n) is 1.97. The summed E-state index contributed by atoms with van der Waals surface area (Å²) in [5, 5.41) is 0. The first-order chi connectivity index (χ1) is 9.59. The van der Waals surface area contributed by atoms with Crippen molar-refractivity contribution in [1.29, 1.82) is 0 Å². The van der Waals surface area contributed by atoms with Crippen molar-refractivity contribution in [2.24, 2.45) is 0 Å². The van der Waals surface area contributed by atoms with Crippen LogP contribution in [0, 0.1) is 5.95 Å². The molecule has 0 fully saturated rings. The minimum absolute atomic E-state index is 0.0112. The molecular weight excluding hydrogens is 255 g/mol. The van der Waals surface area contributed by atoms with Crippen LogP contribution in [0.3, 0.4) is 0 Å². The number of amides is 1. The van der Waals surface area contributed by atoms with Gasteiger partial charge in [0, 0.05) is 18.8 Å². The van der Waals surface area contributed by atoms with Crippen LogP contribution in [0.4, 0.5) is 4.39 Å². The molecular formula is C16H17FN2O. The Morgan fingerprint density at radius 3 is 2.50 bits per heavy atom. The molecule has 0 aliphatic heterocycles. The highest BCUT2D eigenvalue weighted by Crippen LogP contribution is 2.14. The van der Waals surface area contributed by atoms with Crippen molar-refractivity contribution in [2.45, 2.75) is 26.4 Å². The molecule has 1 aromatic heterocycles. The quantitative estimate of drug-likeness (QED) is 0.800. The normalized spacial score (nSPS) is 10.6. The molecule has 0 radical (unpaired) electrons. The summed E-state index contributed by atoms with van der Waals surface area (Å²) in [6.45, 7) is 4.27. The first-order valence-electron chi connectivity index (χ1n) is 6.55. The number of halogens is 1. The monoisotopic (exact) mass is 272 g/mol. The van der Waals surface area contributed by atoms with Gasteiger partial charge in [-0.25, -0.2) is 4.98 Å². The van der Waals surface area contributed by atoms with Gasteiger partial charge in [-0.3, -0.25) is 4.79 Å². The number of benzene rings is 1. The highest BCUT2D eigenvalue weighted by atomic mass is 19.1. The first-order valence-corrected chi connectivity index (χ1v) is 6.55. The molecule has 1 heterocycles. The third-order valence-electron chi connectivity index (χ3n) is 3.07. The Morgan fingerprint density at radius 2 is 1.90 bits per heavy atom. The molecule has 0 N–H and O–H groups in total. The minimum Gasteiger partial charge on any atom is -0.332 e. The van der Waals surface area contributed by atoms with Gasteiger partial charge in [-0.05, 0) is 31.5 Å². The lowest BCUT2D eigenvalue weighted by Crippen LogP contribution is -2.37. The van der Waals surface area contributed by atoms with Crippen LogP contribution >= 0.6 is 0 Å². The molecule has 20 heavy (non-hydrogen) atoms. The summed E-state index contributed by atoms with van der Waals surface area (Å²) in [7, 11) is 0. The van der Waals surface area contributed by atoms with Gasteiger partial charge in [-0.15, -0.1) is 0 Å². The summed E-state index contributed by atoms with van der Waals surface area (Å²) in [6, 6.07) is 12.7. The van der Waals surface area contributed by atoms with Gasteiger partial charge in [0.2, 0.25) is 5.95 Å². The zero-order valence-electron chi connectivity index (χ0n) is 11.6. The van der Waals surface area contributed by atoms with Gasteiger partial charge in [0.1, 0.15) is 0 Å². The summed E-state index contributed by atoms with van der Waals surface area (Å²) in [6.07, 6.45) is 1.34. The Labute approximate surface area is 118 Å². The van der Waals surface area contributed by atoms with Gasteiger partial charge >= 0.3 is 0 Å². The Hall–Kier alpha value is -2.23. The van der Waals surface area contributed by atoms with Gasteiger partial charge in [0.15, 0.2) is 0 Å². The predicted octanol–water partition coefficient (Wildman–Crippen LogP) is 3.27. The summed E-state index contributed by atoms with van der Waals surface area (Å²) >= 11 is 0. The van der Waals surface area contributed by atoms with E-state index in [0.717, 1.165) is 5.56 Å². The van der Waals surface area contributed by atoms with Crippen molar-refractivity contribution in [3.63, 3.8) is 0 Å². The van der Waals surface area contributed by atoms with Crippen LogP contribution in [0.15, 0.2) is 48.7 Å². The van der Waals surface area contributed by atoms with Gasteiger partial charge < -0.3 is 4.90 Å². The highest BCUT2D eigenvalue weighted by Gasteiger charge is 2.22. The molecule has 2 aromatic rings. The lowest BCUT2D eigenvalue weighted by molar-refractivity contribution is 0.0684. The van der Waals surface area contributed by atoms with Crippen molar-refractivity contribution in [3.8, 4) is 0 Å². The van der Waals surface area contributed by atoms with Crippen LogP contribution < -0.4 is 0 Å². The van der Waals surface area contributed by atoms with Crippen LogP contribution in [0.1, 0.15) is 29.8 Å². The molecule has 0 bridgehead atoms. The molecule has 0 saturated carbocycles. The second-order valence-corrected chi connectivity index (χ2v) is 4.85. The minimum atomic E-state index is -0.726. The lowest BCUT2D eigenvalue weighted by Gasteiger charge is -2.27. The molecule has 104 valence electrons. The predicted molar refractivity (Wildman–Crippen MR) is 75.6 cm³/mol. The second-order valence-electron chi connectivity index (χ2n) is 4.85. The third-order valence-corrected chi connectivity index (χ3v) is 3.07. The van der Waals surface area contributed by atoms with Crippen molar-refractivity contribution >= 4 is 5.91 Å². The Balaban J connectivity index is 2.25. The van der Waals surface area contributed by atoms with Crippen molar-refractivity contribution in [3.05, 3.63) is 65.7 Å². The van der Waals surface area contributed by atoms with E-state index in [0.29, 0.717) is 6.54 Å². The Bertz CT molecular complexity index is 584. The van der Waals surface area contributed by atoms with Gasteiger partial charge in [0.25, 0.3) is 5.91 Å². The molecule has 0 atom stereocenters. The molecule has 3 nitrogen and oxygen atoms in total. The van der Waals surface area contributed by atoms with Crippen LogP contribution in [-0.4, -0.2) is 21.8 Å². The smallest absolute Gasteiger partial charge is 0.259 e. The maximum Gasteiger partial charge on any atom is 0.259 e. The van der Waals surface area contributed by atoms with E-state index in [4.69, 9.17) is 0 Å². The largest absolute Gasteiger partial charge is 0.332 e. The number of hydrogen-bond acceptors (Lipinski definition) is 2. The fourth-order valence-corrected chi connectivity index (χ4v) is 1.97.